The molecule has 4 rings (SSSR count). The van der Waals surface area contributed by atoms with Crippen LogP contribution in [0.5, 0.6) is 0 Å². The Morgan fingerprint density at radius 1 is 0.656 bits per heavy atom. The summed E-state index contributed by atoms with van der Waals surface area (Å²) in [6.07, 6.45) is 0. The molecule has 3 aromatic carbocycles. The topological polar surface area (TPSA) is 127 Å². The SMILES string of the molecule is O=S(=O)([O-])Cc1ccc2nc(-c3ccccc3)c3ccc(CS(=O)(=O)[O-])cc3c2c1.[Na+].[Na+]. The van der Waals surface area contributed by atoms with Crippen molar-refractivity contribution in [2.75, 3.05) is 0 Å². The molecule has 0 saturated carbocycles. The Morgan fingerprint density at radius 2 is 1.19 bits per heavy atom. The Balaban J connectivity index is 0.00000181. The van der Waals surface area contributed by atoms with E-state index >= 15 is 0 Å². The molecular weight excluding hydrogens is 472 g/mol. The Hall–Kier alpha value is -0.850. The standard InChI is InChI=1S/C21H17NO6S2.2Na/c23-29(24,25)12-14-6-8-17-18(10-14)19-11-15(13-30(26,27)28)7-9-20(19)22-21(17)16-4-2-1-3-5-16;;/h1-11H,12-13H2,(H,23,24,25)(H,26,27,28);;/q;2*+1/p-2. The summed E-state index contributed by atoms with van der Waals surface area (Å²) in [5, 5.41) is 1.89. The molecular formula is C21H15NNa2O6S2. The van der Waals surface area contributed by atoms with Gasteiger partial charge in [-0.25, -0.2) is 21.8 Å². The minimum Gasteiger partial charge on any atom is -0.748 e. The van der Waals surface area contributed by atoms with Crippen molar-refractivity contribution in [2.45, 2.75) is 11.5 Å². The Labute approximate surface area is 230 Å². The number of fused-ring (bicyclic) bond motifs is 3. The summed E-state index contributed by atoms with van der Waals surface area (Å²) in [6, 6.07) is 19.0. The minimum absolute atomic E-state index is 0. The van der Waals surface area contributed by atoms with Gasteiger partial charge in [0, 0.05) is 16.3 Å². The van der Waals surface area contributed by atoms with Crippen LogP contribution in [-0.4, -0.2) is 30.9 Å². The molecule has 0 spiro atoms. The number of nitrogens with zero attached hydrogens (tertiary/aromatic N) is 1. The van der Waals surface area contributed by atoms with Gasteiger partial charge in [0.25, 0.3) is 0 Å². The number of benzene rings is 3. The molecule has 0 aliphatic heterocycles. The summed E-state index contributed by atoms with van der Waals surface area (Å²) in [4.78, 5) is 4.71. The molecule has 0 atom stereocenters. The third kappa shape index (κ3) is 6.60. The first-order valence-corrected chi connectivity index (χ1v) is 12.0. The van der Waals surface area contributed by atoms with E-state index in [0.29, 0.717) is 38.5 Å². The largest absolute Gasteiger partial charge is 1.00 e. The normalized spacial score (nSPS) is 11.7. The summed E-state index contributed by atoms with van der Waals surface area (Å²) < 4.78 is 67.2. The van der Waals surface area contributed by atoms with Crippen LogP contribution in [0.4, 0.5) is 0 Å². The summed E-state index contributed by atoms with van der Waals surface area (Å²) >= 11 is 0. The van der Waals surface area contributed by atoms with Gasteiger partial charge in [-0.2, -0.15) is 0 Å². The molecule has 4 aromatic rings. The van der Waals surface area contributed by atoms with Crippen molar-refractivity contribution >= 4 is 41.9 Å². The predicted molar refractivity (Wildman–Crippen MR) is 111 cm³/mol. The quantitative estimate of drug-likeness (QED) is 0.169. The van der Waals surface area contributed by atoms with E-state index in [1.54, 1.807) is 30.3 Å². The van der Waals surface area contributed by atoms with Gasteiger partial charge in [0.15, 0.2) is 0 Å². The number of aromatic nitrogens is 1. The second-order valence-corrected chi connectivity index (χ2v) is 9.77. The van der Waals surface area contributed by atoms with Gasteiger partial charge in [-0.05, 0) is 34.7 Å². The van der Waals surface area contributed by atoms with Gasteiger partial charge in [0.2, 0.25) is 0 Å². The van der Waals surface area contributed by atoms with Crippen molar-refractivity contribution in [3.63, 3.8) is 0 Å². The summed E-state index contributed by atoms with van der Waals surface area (Å²) in [7, 11) is -8.95. The van der Waals surface area contributed by atoms with Crippen LogP contribution in [0.15, 0.2) is 66.7 Å². The number of pyridine rings is 1. The van der Waals surface area contributed by atoms with E-state index < -0.39 is 31.7 Å². The fourth-order valence-electron chi connectivity index (χ4n) is 3.50. The van der Waals surface area contributed by atoms with E-state index in [2.05, 4.69) is 0 Å². The zero-order chi connectivity index (χ0) is 21.5. The molecule has 0 saturated heterocycles. The molecule has 0 amide bonds. The van der Waals surface area contributed by atoms with Crippen LogP contribution in [0.25, 0.3) is 32.9 Å². The van der Waals surface area contributed by atoms with Crippen molar-refractivity contribution in [3.8, 4) is 11.3 Å². The molecule has 1 aromatic heterocycles. The molecule has 0 N–H and O–H groups in total. The van der Waals surface area contributed by atoms with Crippen LogP contribution in [0.2, 0.25) is 0 Å². The first kappa shape index (κ1) is 27.4. The molecule has 0 fully saturated rings. The fourth-order valence-corrected chi connectivity index (χ4v) is 4.68. The van der Waals surface area contributed by atoms with E-state index in [4.69, 9.17) is 4.98 Å². The minimum atomic E-state index is -4.48. The maximum atomic E-state index is 11.2. The monoisotopic (exact) mass is 487 g/mol. The van der Waals surface area contributed by atoms with Crippen molar-refractivity contribution in [3.05, 3.63) is 77.9 Å². The van der Waals surface area contributed by atoms with Gasteiger partial charge >= 0.3 is 59.1 Å². The molecule has 32 heavy (non-hydrogen) atoms. The van der Waals surface area contributed by atoms with Crippen LogP contribution in [-0.2, 0) is 31.7 Å². The van der Waals surface area contributed by atoms with Crippen molar-refractivity contribution < 1.29 is 85.1 Å². The number of hydrogen-bond acceptors (Lipinski definition) is 7. The van der Waals surface area contributed by atoms with Crippen molar-refractivity contribution in [1.29, 1.82) is 0 Å². The van der Waals surface area contributed by atoms with E-state index in [1.807, 2.05) is 30.3 Å². The van der Waals surface area contributed by atoms with Crippen LogP contribution >= 0.6 is 0 Å². The van der Waals surface area contributed by atoms with Crippen molar-refractivity contribution in [2.24, 2.45) is 0 Å². The first-order valence-electron chi connectivity index (χ1n) is 8.87. The van der Waals surface area contributed by atoms with E-state index in [9.17, 15) is 25.9 Å². The van der Waals surface area contributed by atoms with Crippen LogP contribution in [0.3, 0.4) is 0 Å². The predicted octanol–water partition coefficient (Wildman–Crippen LogP) is -2.85. The van der Waals surface area contributed by atoms with Gasteiger partial charge in [0.1, 0.15) is 0 Å². The third-order valence-corrected chi connectivity index (χ3v) is 6.03. The molecule has 154 valence electrons. The molecule has 0 aliphatic carbocycles. The van der Waals surface area contributed by atoms with Gasteiger partial charge in [0.05, 0.1) is 43.0 Å². The van der Waals surface area contributed by atoms with Crippen LogP contribution in [0.1, 0.15) is 11.1 Å². The average Bonchev–Trinajstić information content (AvgIpc) is 2.65. The fraction of sp³-hybridized carbons (Fsp3) is 0.0952. The Morgan fingerprint density at radius 3 is 1.75 bits per heavy atom. The molecule has 0 bridgehead atoms. The zero-order valence-corrected chi connectivity index (χ0v) is 23.1. The molecule has 11 heteroatoms. The van der Waals surface area contributed by atoms with Crippen LogP contribution < -0.4 is 59.1 Å². The number of rotatable bonds is 5. The molecule has 0 unspecified atom stereocenters. The molecule has 0 aliphatic rings. The van der Waals surface area contributed by atoms with Gasteiger partial charge in [-0.15, -0.1) is 0 Å². The average molecular weight is 487 g/mol. The summed E-state index contributed by atoms with van der Waals surface area (Å²) in [5.41, 5.74) is 2.68. The first-order chi connectivity index (χ1) is 14.1. The summed E-state index contributed by atoms with van der Waals surface area (Å²) in [5.74, 6) is -1.33. The summed E-state index contributed by atoms with van der Waals surface area (Å²) in [6.45, 7) is 0. The third-order valence-electron chi connectivity index (χ3n) is 4.66. The Kier molecular flexibility index (Phi) is 9.08. The van der Waals surface area contributed by atoms with Gasteiger partial charge in [-0.3, -0.25) is 0 Å². The van der Waals surface area contributed by atoms with E-state index in [-0.39, 0.29) is 59.1 Å². The molecule has 1 heterocycles. The zero-order valence-electron chi connectivity index (χ0n) is 17.5. The van der Waals surface area contributed by atoms with Gasteiger partial charge < -0.3 is 9.11 Å². The Bertz CT molecular complexity index is 1490. The second-order valence-electron chi connectivity index (χ2n) is 6.96. The maximum Gasteiger partial charge on any atom is 1.00 e. The van der Waals surface area contributed by atoms with E-state index in [1.165, 1.54) is 6.07 Å². The number of hydrogen-bond donors (Lipinski definition) is 0. The van der Waals surface area contributed by atoms with Crippen molar-refractivity contribution in [1.82, 2.24) is 4.98 Å². The van der Waals surface area contributed by atoms with E-state index in [0.717, 1.165) is 5.56 Å². The van der Waals surface area contributed by atoms with Crippen LogP contribution in [0, 0.1) is 0 Å². The van der Waals surface area contributed by atoms with Gasteiger partial charge in [-0.1, -0.05) is 48.5 Å². The molecule has 7 nitrogen and oxygen atoms in total. The maximum absolute atomic E-state index is 11.2. The second kappa shape index (κ2) is 10.6. The molecule has 0 radical (unpaired) electrons. The smallest absolute Gasteiger partial charge is 0.748 e.